The minimum absolute atomic E-state index is 0.0700. The fraction of sp³-hybridized carbons (Fsp3) is 0.462. The number of likely N-dealkylation sites (N-methyl/N-ethyl adjacent to an activating group) is 1. The van der Waals surface area contributed by atoms with Crippen LogP contribution in [0.4, 0.5) is 0 Å². The van der Waals surface area contributed by atoms with Gasteiger partial charge < -0.3 is 10.6 Å². The van der Waals surface area contributed by atoms with Crippen molar-refractivity contribution in [2.45, 2.75) is 18.7 Å². The average molecular weight is 250 g/mol. The van der Waals surface area contributed by atoms with Crippen molar-refractivity contribution < 1.29 is 4.79 Å². The Hall–Kier alpha value is -1.00. The van der Waals surface area contributed by atoms with E-state index < -0.39 is 0 Å². The maximum absolute atomic E-state index is 11.4. The van der Waals surface area contributed by atoms with Crippen molar-refractivity contribution in [1.82, 2.24) is 10.6 Å². The van der Waals surface area contributed by atoms with E-state index in [0.717, 1.165) is 11.5 Å². The molecule has 2 N–H and O–H groups in total. The van der Waals surface area contributed by atoms with Crippen molar-refractivity contribution in [1.29, 1.82) is 0 Å². The van der Waals surface area contributed by atoms with E-state index in [-0.39, 0.29) is 5.91 Å². The van der Waals surface area contributed by atoms with Crippen molar-refractivity contribution in [2.24, 2.45) is 0 Å². The second-order valence-corrected chi connectivity index (χ2v) is 5.13. The topological polar surface area (TPSA) is 41.1 Å². The second-order valence-electron chi connectivity index (χ2n) is 4.10. The molecule has 0 aromatic heterocycles. The summed E-state index contributed by atoms with van der Waals surface area (Å²) in [6, 6.07) is 8.76. The summed E-state index contributed by atoms with van der Waals surface area (Å²) in [6.45, 7) is 3.02. The molecule has 0 aliphatic carbocycles. The molecule has 1 heterocycles. The first-order chi connectivity index (χ1) is 8.31. The Kier molecular flexibility index (Phi) is 4.45. The van der Waals surface area contributed by atoms with E-state index in [4.69, 9.17) is 0 Å². The first-order valence-electron chi connectivity index (χ1n) is 5.97. The maximum Gasteiger partial charge on any atom is 0.233 e. The zero-order chi connectivity index (χ0) is 12.1. The van der Waals surface area contributed by atoms with Gasteiger partial charge in [0.15, 0.2) is 0 Å². The number of hydrogen-bond donors (Lipinski definition) is 2. The number of rotatable bonds is 4. The summed E-state index contributed by atoms with van der Waals surface area (Å²) < 4.78 is 0. The van der Waals surface area contributed by atoms with Gasteiger partial charge in [0.25, 0.3) is 0 Å². The van der Waals surface area contributed by atoms with Crippen LogP contribution in [0, 0.1) is 0 Å². The van der Waals surface area contributed by atoms with Crippen LogP contribution in [-0.4, -0.2) is 24.7 Å². The highest BCUT2D eigenvalue weighted by atomic mass is 32.2. The number of carbonyl (C=O) groups excluding carboxylic acids is 1. The molecule has 92 valence electrons. The van der Waals surface area contributed by atoms with Gasteiger partial charge in [-0.2, -0.15) is 11.8 Å². The number of carbonyl (C=O) groups is 1. The van der Waals surface area contributed by atoms with Crippen molar-refractivity contribution in [3.63, 3.8) is 0 Å². The fourth-order valence-corrected chi connectivity index (χ4v) is 3.16. The largest absolute Gasteiger partial charge is 0.355 e. The number of fused-ring (bicyclic) bond motifs is 1. The Morgan fingerprint density at radius 1 is 1.47 bits per heavy atom. The molecule has 1 aromatic rings. The highest BCUT2D eigenvalue weighted by Gasteiger charge is 2.19. The Morgan fingerprint density at radius 3 is 3.12 bits per heavy atom. The first-order valence-corrected chi connectivity index (χ1v) is 7.12. The van der Waals surface area contributed by atoms with Gasteiger partial charge in [0.2, 0.25) is 5.91 Å². The highest BCUT2D eigenvalue weighted by Crippen LogP contribution is 2.31. The van der Waals surface area contributed by atoms with E-state index in [1.807, 2.05) is 18.7 Å². The smallest absolute Gasteiger partial charge is 0.233 e. The van der Waals surface area contributed by atoms with Crippen LogP contribution in [0.5, 0.6) is 0 Å². The average Bonchev–Trinajstić information content (AvgIpc) is 2.36. The third-order valence-corrected chi connectivity index (χ3v) is 3.94. The lowest BCUT2D eigenvalue weighted by Gasteiger charge is -2.25. The molecule has 1 unspecified atom stereocenters. The summed E-state index contributed by atoms with van der Waals surface area (Å²) in [5.74, 6) is 2.19. The highest BCUT2D eigenvalue weighted by molar-refractivity contribution is 7.98. The van der Waals surface area contributed by atoms with E-state index in [0.29, 0.717) is 19.1 Å². The summed E-state index contributed by atoms with van der Waals surface area (Å²) in [5, 5.41) is 6.13. The van der Waals surface area contributed by atoms with Gasteiger partial charge in [-0.1, -0.05) is 24.3 Å². The third kappa shape index (κ3) is 3.23. The molecular formula is C13H18N2OS. The van der Waals surface area contributed by atoms with Gasteiger partial charge in [-0.3, -0.25) is 4.79 Å². The summed E-state index contributed by atoms with van der Waals surface area (Å²) >= 11 is 1.92. The minimum Gasteiger partial charge on any atom is -0.355 e. The monoisotopic (exact) mass is 250 g/mol. The summed E-state index contributed by atoms with van der Waals surface area (Å²) in [4.78, 5) is 11.4. The van der Waals surface area contributed by atoms with Crippen molar-refractivity contribution >= 4 is 17.7 Å². The van der Waals surface area contributed by atoms with Crippen LogP contribution in [0.2, 0.25) is 0 Å². The molecule has 1 atom stereocenters. The molecule has 1 aliphatic rings. The molecule has 1 aliphatic heterocycles. The zero-order valence-electron chi connectivity index (χ0n) is 10.0. The van der Waals surface area contributed by atoms with Gasteiger partial charge in [0.1, 0.15) is 0 Å². The molecule has 0 fully saturated rings. The van der Waals surface area contributed by atoms with Crippen molar-refractivity contribution in [3.05, 3.63) is 35.4 Å². The summed E-state index contributed by atoms with van der Waals surface area (Å²) in [5.41, 5.74) is 2.73. The van der Waals surface area contributed by atoms with Crippen LogP contribution < -0.4 is 10.6 Å². The second kappa shape index (κ2) is 6.07. The lowest BCUT2D eigenvalue weighted by atomic mass is 10.0. The van der Waals surface area contributed by atoms with E-state index in [2.05, 4.69) is 34.9 Å². The van der Waals surface area contributed by atoms with E-state index in [1.165, 1.54) is 11.1 Å². The lowest BCUT2D eigenvalue weighted by molar-refractivity contribution is -0.120. The van der Waals surface area contributed by atoms with Gasteiger partial charge in [0, 0.05) is 24.1 Å². The van der Waals surface area contributed by atoms with Crippen molar-refractivity contribution in [2.75, 3.05) is 18.8 Å². The first kappa shape index (κ1) is 12.5. The van der Waals surface area contributed by atoms with E-state index >= 15 is 0 Å². The van der Waals surface area contributed by atoms with Gasteiger partial charge >= 0.3 is 0 Å². The molecule has 0 saturated heterocycles. The molecule has 0 radical (unpaired) electrons. The Balaban J connectivity index is 1.97. The molecule has 0 spiro atoms. The molecule has 4 heteroatoms. The molecule has 0 saturated carbocycles. The standard InChI is InChI=1S/C13H18N2OS/c1-2-14-13(16)7-15-12-9-17-8-10-5-3-4-6-11(10)12/h3-6,12,15H,2,7-9H2,1H3,(H,14,16). The normalized spacial score (nSPS) is 18.5. The predicted molar refractivity (Wildman–Crippen MR) is 72.0 cm³/mol. The fourth-order valence-electron chi connectivity index (χ4n) is 2.03. The molecule has 0 bridgehead atoms. The third-order valence-electron chi connectivity index (χ3n) is 2.86. The summed E-state index contributed by atoms with van der Waals surface area (Å²) in [7, 11) is 0. The Labute approximate surface area is 106 Å². The quantitative estimate of drug-likeness (QED) is 0.854. The lowest BCUT2D eigenvalue weighted by Crippen LogP contribution is -2.37. The Morgan fingerprint density at radius 2 is 2.29 bits per heavy atom. The molecular weight excluding hydrogens is 232 g/mol. The predicted octanol–water partition coefficient (Wildman–Crippen LogP) is 1.70. The van der Waals surface area contributed by atoms with Crippen LogP contribution in [0.3, 0.4) is 0 Å². The van der Waals surface area contributed by atoms with Gasteiger partial charge in [-0.25, -0.2) is 0 Å². The van der Waals surface area contributed by atoms with Gasteiger partial charge in [-0.05, 0) is 18.1 Å². The minimum atomic E-state index is 0.0700. The zero-order valence-corrected chi connectivity index (χ0v) is 10.8. The number of nitrogens with one attached hydrogen (secondary N) is 2. The molecule has 17 heavy (non-hydrogen) atoms. The Bertz CT molecular complexity index is 395. The van der Waals surface area contributed by atoms with Crippen LogP contribution in [-0.2, 0) is 10.5 Å². The van der Waals surface area contributed by atoms with Crippen LogP contribution >= 0.6 is 11.8 Å². The van der Waals surface area contributed by atoms with Gasteiger partial charge in [0.05, 0.1) is 6.54 Å². The number of thioether (sulfide) groups is 1. The number of benzene rings is 1. The van der Waals surface area contributed by atoms with Crippen LogP contribution in [0.1, 0.15) is 24.1 Å². The van der Waals surface area contributed by atoms with E-state index in [9.17, 15) is 4.79 Å². The van der Waals surface area contributed by atoms with Crippen molar-refractivity contribution in [3.8, 4) is 0 Å². The van der Waals surface area contributed by atoms with E-state index in [1.54, 1.807) is 0 Å². The van der Waals surface area contributed by atoms with Gasteiger partial charge in [-0.15, -0.1) is 0 Å². The number of amides is 1. The SMILES string of the molecule is CCNC(=O)CNC1CSCc2ccccc21. The molecule has 3 nitrogen and oxygen atoms in total. The summed E-state index contributed by atoms with van der Waals surface area (Å²) in [6.07, 6.45) is 0. The molecule has 1 aromatic carbocycles. The molecule has 1 amide bonds. The maximum atomic E-state index is 11.4. The molecule has 2 rings (SSSR count). The van der Waals surface area contributed by atoms with Crippen LogP contribution in [0.25, 0.3) is 0 Å². The number of hydrogen-bond acceptors (Lipinski definition) is 3. The van der Waals surface area contributed by atoms with Crippen LogP contribution in [0.15, 0.2) is 24.3 Å².